The largest absolute Gasteiger partial charge is 0.493 e. The lowest BCUT2D eigenvalue weighted by Crippen LogP contribution is -2.43. The quantitative estimate of drug-likeness (QED) is 0.518. The number of methoxy groups -OCH3 is 2. The first kappa shape index (κ1) is 24.6. The van der Waals surface area contributed by atoms with Gasteiger partial charge in [-0.1, -0.05) is 17.7 Å². The van der Waals surface area contributed by atoms with E-state index in [4.69, 9.17) is 30.5 Å². The number of hydrogen-bond donors (Lipinski definition) is 1. The van der Waals surface area contributed by atoms with Crippen molar-refractivity contribution in [2.45, 2.75) is 12.6 Å². The molecular formula is C24H33ClN2O5. The van der Waals surface area contributed by atoms with Crippen LogP contribution in [0.5, 0.6) is 17.2 Å². The fraction of sp³-hybridized carbons (Fsp3) is 0.500. The minimum Gasteiger partial charge on any atom is -0.493 e. The molecule has 1 aliphatic rings. The fourth-order valence-corrected chi connectivity index (χ4v) is 3.78. The van der Waals surface area contributed by atoms with Crippen molar-refractivity contribution < 1.29 is 24.1 Å². The molecule has 1 N–H and O–H groups in total. The Hall–Kier alpha value is -2.03. The van der Waals surface area contributed by atoms with Crippen molar-refractivity contribution in [1.82, 2.24) is 9.80 Å². The maximum absolute atomic E-state index is 10.7. The lowest BCUT2D eigenvalue weighted by Gasteiger charge is -2.31. The van der Waals surface area contributed by atoms with Crippen molar-refractivity contribution in [3.63, 3.8) is 0 Å². The molecule has 0 saturated carbocycles. The summed E-state index contributed by atoms with van der Waals surface area (Å²) in [5.41, 5.74) is 1.09. The van der Waals surface area contributed by atoms with Crippen LogP contribution in [0.3, 0.4) is 0 Å². The third kappa shape index (κ3) is 7.83. The minimum atomic E-state index is -0.629. The summed E-state index contributed by atoms with van der Waals surface area (Å²) in [7, 11) is 3.26. The molecule has 0 radical (unpaired) electrons. The second kappa shape index (κ2) is 12.9. The van der Waals surface area contributed by atoms with Crippen LogP contribution in [0.25, 0.3) is 0 Å². The topological polar surface area (TPSA) is 63.6 Å². The fourth-order valence-electron chi connectivity index (χ4n) is 3.65. The van der Waals surface area contributed by atoms with Crippen LogP contribution < -0.4 is 14.2 Å². The zero-order chi connectivity index (χ0) is 22.8. The summed E-state index contributed by atoms with van der Waals surface area (Å²) in [5.74, 6) is 2.09. The van der Waals surface area contributed by atoms with Gasteiger partial charge in [-0.2, -0.15) is 0 Å². The van der Waals surface area contributed by atoms with Crippen molar-refractivity contribution in [2.75, 3.05) is 66.8 Å². The molecule has 1 fully saturated rings. The van der Waals surface area contributed by atoms with Gasteiger partial charge in [-0.3, -0.25) is 9.80 Å². The maximum atomic E-state index is 10.7. The third-order valence-electron chi connectivity index (χ3n) is 5.42. The molecule has 32 heavy (non-hydrogen) atoms. The summed E-state index contributed by atoms with van der Waals surface area (Å²) in [6.07, 6.45) is -0.629. The molecule has 1 saturated heterocycles. The van der Waals surface area contributed by atoms with E-state index in [0.29, 0.717) is 35.4 Å². The second-order valence-electron chi connectivity index (χ2n) is 7.80. The maximum Gasteiger partial charge on any atom is 0.161 e. The summed E-state index contributed by atoms with van der Waals surface area (Å²) in [6.45, 7) is 6.55. The molecule has 0 unspecified atom stereocenters. The van der Waals surface area contributed by atoms with Crippen molar-refractivity contribution in [2.24, 2.45) is 0 Å². The van der Waals surface area contributed by atoms with Gasteiger partial charge in [-0.25, -0.2) is 0 Å². The van der Waals surface area contributed by atoms with Crippen LogP contribution in [0.2, 0.25) is 5.02 Å². The van der Waals surface area contributed by atoms with Gasteiger partial charge in [0, 0.05) is 44.3 Å². The Kier molecular flexibility index (Phi) is 9.89. The number of halogens is 1. The number of aliphatic hydroxyl groups excluding tert-OH is 1. The molecule has 7 nitrogen and oxygen atoms in total. The molecule has 2 aromatic carbocycles. The number of benzene rings is 2. The Bertz CT molecular complexity index is 815. The average Bonchev–Trinajstić information content (AvgIpc) is 2.82. The normalized spacial score (nSPS) is 15.5. The van der Waals surface area contributed by atoms with Gasteiger partial charge in [-0.15, -0.1) is 0 Å². The molecule has 1 atom stereocenters. The Morgan fingerprint density at radius 2 is 1.78 bits per heavy atom. The predicted octanol–water partition coefficient (Wildman–Crippen LogP) is 2.93. The first-order valence-electron chi connectivity index (χ1n) is 10.9. The molecule has 2 aromatic rings. The van der Waals surface area contributed by atoms with Crippen LogP contribution in [0.15, 0.2) is 42.5 Å². The number of ether oxygens (including phenoxy) is 4. The lowest BCUT2D eigenvalue weighted by molar-refractivity contribution is 0.0256. The Balaban J connectivity index is 1.60. The molecule has 1 heterocycles. The molecule has 0 bridgehead atoms. The molecule has 176 valence electrons. The highest BCUT2D eigenvalue weighted by Crippen LogP contribution is 2.28. The van der Waals surface area contributed by atoms with E-state index in [2.05, 4.69) is 9.80 Å². The highest BCUT2D eigenvalue weighted by atomic mass is 35.5. The van der Waals surface area contributed by atoms with Crippen molar-refractivity contribution in [1.29, 1.82) is 0 Å². The summed E-state index contributed by atoms with van der Waals surface area (Å²) in [4.78, 5) is 4.63. The first-order valence-corrected chi connectivity index (χ1v) is 11.2. The third-order valence-corrected chi connectivity index (χ3v) is 5.67. The van der Waals surface area contributed by atoms with Gasteiger partial charge < -0.3 is 24.1 Å². The number of nitrogens with zero attached hydrogens (tertiary/aromatic N) is 2. The van der Waals surface area contributed by atoms with Gasteiger partial charge in [0.1, 0.15) is 18.5 Å². The van der Waals surface area contributed by atoms with E-state index in [-0.39, 0.29) is 6.61 Å². The molecular weight excluding hydrogens is 432 g/mol. The van der Waals surface area contributed by atoms with Crippen LogP contribution in [0.1, 0.15) is 5.56 Å². The highest BCUT2D eigenvalue weighted by Gasteiger charge is 2.17. The second-order valence-corrected chi connectivity index (χ2v) is 8.23. The van der Waals surface area contributed by atoms with Crippen molar-refractivity contribution in [3.8, 4) is 17.2 Å². The van der Waals surface area contributed by atoms with E-state index in [1.54, 1.807) is 38.5 Å². The molecule has 3 rings (SSSR count). The van der Waals surface area contributed by atoms with Gasteiger partial charge in [-0.05, 0) is 42.0 Å². The number of aliphatic hydroxyl groups is 1. The predicted molar refractivity (Wildman–Crippen MR) is 125 cm³/mol. The number of morpholine rings is 1. The summed E-state index contributed by atoms with van der Waals surface area (Å²) in [6, 6.07) is 13.1. The lowest BCUT2D eigenvalue weighted by atomic mass is 10.1. The zero-order valence-corrected chi connectivity index (χ0v) is 19.6. The highest BCUT2D eigenvalue weighted by molar-refractivity contribution is 6.30. The van der Waals surface area contributed by atoms with E-state index >= 15 is 0 Å². The Labute approximate surface area is 195 Å². The van der Waals surface area contributed by atoms with E-state index < -0.39 is 6.10 Å². The minimum absolute atomic E-state index is 0.210. The van der Waals surface area contributed by atoms with Crippen LogP contribution in [0, 0.1) is 0 Å². The molecule has 0 spiro atoms. The van der Waals surface area contributed by atoms with Gasteiger partial charge >= 0.3 is 0 Å². The summed E-state index contributed by atoms with van der Waals surface area (Å²) >= 11 is 5.92. The monoisotopic (exact) mass is 464 g/mol. The van der Waals surface area contributed by atoms with Crippen LogP contribution in [-0.4, -0.2) is 87.8 Å². The standard InChI is InChI=1S/C24H33ClN2O5/c1-29-23-8-3-19(15-24(23)30-2)16-27(10-9-26-11-13-31-14-12-26)17-21(28)18-32-22-6-4-20(25)5-7-22/h3-8,15,21,28H,9-14,16-18H2,1-2H3/t21-/m0/s1. The number of rotatable bonds is 12. The van der Waals surface area contributed by atoms with Crippen LogP contribution >= 0.6 is 11.6 Å². The molecule has 0 amide bonds. The van der Waals surface area contributed by atoms with Crippen molar-refractivity contribution in [3.05, 3.63) is 53.1 Å². The van der Waals surface area contributed by atoms with Gasteiger partial charge in [0.25, 0.3) is 0 Å². The van der Waals surface area contributed by atoms with Crippen LogP contribution in [0.4, 0.5) is 0 Å². The van der Waals surface area contributed by atoms with E-state index in [9.17, 15) is 5.11 Å². The van der Waals surface area contributed by atoms with Crippen molar-refractivity contribution >= 4 is 11.6 Å². The van der Waals surface area contributed by atoms with Gasteiger partial charge in [0.15, 0.2) is 11.5 Å². The molecule has 0 aromatic heterocycles. The average molecular weight is 465 g/mol. The SMILES string of the molecule is COc1ccc(CN(CCN2CCOCC2)C[C@H](O)COc2ccc(Cl)cc2)cc1OC. The van der Waals surface area contributed by atoms with E-state index in [1.807, 2.05) is 18.2 Å². The zero-order valence-electron chi connectivity index (χ0n) is 18.8. The van der Waals surface area contributed by atoms with Gasteiger partial charge in [0.2, 0.25) is 0 Å². The Morgan fingerprint density at radius 3 is 2.47 bits per heavy atom. The first-order chi connectivity index (χ1) is 15.6. The van der Waals surface area contributed by atoms with Crippen LogP contribution in [-0.2, 0) is 11.3 Å². The molecule has 8 heteroatoms. The molecule has 1 aliphatic heterocycles. The smallest absolute Gasteiger partial charge is 0.161 e. The summed E-state index contributed by atoms with van der Waals surface area (Å²) < 4.78 is 22.0. The van der Waals surface area contributed by atoms with E-state index in [0.717, 1.165) is 45.0 Å². The van der Waals surface area contributed by atoms with Gasteiger partial charge in [0.05, 0.1) is 27.4 Å². The molecule has 0 aliphatic carbocycles. The summed E-state index contributed by atoms with van der Waals surface area (Å²) in [5, 5.41) is 11.3. The number of hydrogen-bond acceptors (Lipinski definition) is 7. The van der Waals surface area contributed by atoms with E-state index in [1.165, 1.54) is 0 Å². The Morgan fingerprint density at radius 1 is 1.06 bits per heavy atom.